The number of alkyl halides is 1. The lowest BCUT2D eigenvalue weighted by Crippen LogP contribution is -1.79. The van der Waals surface area contributed by atoms with Gasteiger partial charge in [-0.05, 0) is 12.1 Å². The van der Waals surface area contributed by atoms with E-state index >= 15 is 0 Å². The molecule has 0 aliphatic carbocycles. The van der Waals surface area contributed by atoms with Crippen LogP contribution < -0.4 is 0 Å². The molecule has 0 radical (unpaired) electrons. The number of hydrogen-bond acceptors (Lipinski definition) is 1. The lowest BCUT2D eigenvalue weighted by molar-refractivity contribution is 1.32. The molecular weight excluding hydrogens is 228 g/mol. The van der Waals surface area contributed by atoms with E-state index in [4.69, 9.17) is 0 Å². The first-order valence-electron chi connectivity index (χ1n) is 3.88. The average molecular weight is 235 g/mol. The average Bonchev–Trinajstić information content (AvgIpc) is 2.61. The number of pyridine rings is 1. The normalized spacial score (nSPS) is 9.62. The Bertz CT molecular complexity index is 476. The maximum atomic E-state index is 4.22. The Kier molecular flexibility index (Phi) is 2.33. The van der Waals surface area contributed by atoms with Gasteiger partial charge in [-0.3, -0.25) is 0 Å². The second kappa shape index (κ2) is 3.63. The van der Waals surface area contributed by atoms with E-state index in [1.165, 1.54) is 0 Å². The summed E-state index contributed by atoms with van der Waals surface area (Å²) < 4.78 is 0. The molecule has 64 valence electrons. The number of aromatic nitrogens is 2. The molecule has 0 spiro atoms. The Morgan fingerprint density at radius 1 is 1.54 bits per heavy atom. The lowest BCUT2D eigenvalue weighted by atomic mass is 10.2. The number of rotatable bonds is 0. The number of aromatic amines is 1. The smallest absolute Gasteiger partial charge is 0.137 e. The van der Waals surface area contributed by atoms with Gasteiger partial charge in [0.1, 0.15) is 5.65 Å². The molecule has 0 unspecified atom stereocenters. The molecule has 0 bridgehead atoms. The molecule has 0 aliphatic heterocycles. The van der Waals surface area contributed by atoms with Crippen LogP contribution in [0.2, 0.25) is 0 Å². The minimum absolute atomic E-state index is 0.693. The van der Waals surface area contributed by atoms with Crippen molar-refractivity contribution < 1.29 is 0 Å². The Morgan fingerprint density at radius 3 is 3.31 bits per heavy atom. The fraction of sp³-hybridized carbons (Fsp3) is 0.100. The number of fused-ring (bicyclic) bond motifs is 1. The largest absolute Gasteiger partial charge is 0.346 e. The molecular formula is C10H7BrN2. The number of halogens is 1. The first-order chi connectivity index (χ1) is 6.40. The van der Waals surface area contributed by atoms with Gasteiger partial charge in [0, 0.05) is 23.3 Å². The predicted molar refractivity (Wildman–Crippen MR) is 56.8 cm³/mol. The number of hydrogen-bond donors (Lipinski definition) is 1. The molecule has 2 heterocycles. The van der Waals surface area contributed by atoms with Gasteiger partial charge in [-0.2, -0.15) is 0 Å². The van der Waals surface area contributed by atoms with E-state index in [-0.39, 0.29) is 0 Å². The summed E-state index contributed by atoms with van der Waals surface area (Å²) in [6.45, 7) is 0. The summed E-state index contributed by atoms with van der Waals surface area (Å²) >= 11 is 3.25. The second-order valence-corrected chi connectivity index (χ2v) is 3.14. The van der Waals surface area contributed by atoms with Gasteiger partial charge in [0.25, 0.3) is 0 Å². The summed E-state index contributed by atoms with van der Waals surface area (Å²) in [5, 5.41) is 1.79. The molecule has 0 aromatic carbocycles. The van der Waals surface area contributed by atoms with E-state index in [0.717, 1.165) is 16.6 Å². The molecule has 0 saturated carbocycles. The summed E-state index contributed by atoms with van der Waals surface area (Å²) in [5.74, 6) is 5.94. The SMILES string of the molecule is BrCC#Cc1cnc2[nH]ccc2c1. The second-order valence-electron chi connectivity index (χ2n) is 2.57. The van der Waals surface area contributed by atoms with Crippen molar-refractivity contribution in [3.8, 4) is 11.8 Å². The molecule has 0 aliphatic rings. The van der Waals surface area contributed by atoms with Crippen LogP contribution in [0.15, 0.2) is 24.5 Å². The van der Waals surface area contributed by atoms with Gasteiger partial charge in [0.2, 0.25) is 0 Å². The van der Waals surface area contributed by atoms with E-state index < -0.39 is 0 Å². The van der Waals surface area contributed by atoms with Crippen molar-refractivity contribution in [1.29, 1.82) is 0 Å². The minimum atomic E-state index is 0.693. The highest BCUT2D eigenvalue weighted by Gasteiger charge is 1.94. The van der Waals surface area contributed by atoms with Crippen molar-refractivity contribution in [2.75, 3.05) is 5.33 Å². The minimum Gasteiger partial charge on any atom is -0.346 e. The van der Waals surface area contributed by atoms with Crippen LogP contribution >= 0.6 is 15.9 Å². The van der Waals surface area contributed by atoms with Crippen LogP contribution in [-0.4, -0.2) is 15.3 Å². The van der Waals surface area contributed by atoms with Crippen molar-refractivity contribution in [3.05, 3.63) is 30.1 Å². The molecule has 2 nitrogen and oxygen atoms in total. The molecule has 0 saturated heterocycles. The highest BCUT2D eigenvalue weighted by molar-refractivity contribution is 9.09. The molecule has 0 amide bonds. The van der Waals surface area contributed by atoms with Gasteiger partial charge in [-0.15, -0.1) is 0 Å². The Hall–Kier alpha value is -1.27. The van der Waals surface area contributed by atoms with E-state index in [2.05, 4.69) is 37.7 Å². The fourth-order valence-electron chi connectivity index (χ4n) is 1.14. The Balaban J connectivity index is 2.48. The standard InChI is InChI=1S/C10H7BrN2/c11-4-1-2-8-6-9-3-5-12-10(9)13-7-8/h3,5-7H,4H2,(H,12,13). The highest BCUT2D eigenvalue weighted by Crippen LogP contribution is 2.10. The first kappa shape index (κ1) is 8.33. The quantitative estimate of drug-likeness (QED) is 0.550. The van der Waals surface area contributed by atoms with Crippen LogP contribution in [0.25, 0.3) is 11.0 Å². The van der Waals surface area contributed by atoms with E-state index in [9.17, 15) is 0 Å². The van der Waals surface area contributed by atoms with Crippen LogP contribution in [0.4, 0.5) is 0 Å². The number of H-pyrrole nitrogens is 1. The fourth-order valence-corrected chi connectivity index (χ4v) is 1.28. The molecule has 0 atom stereocenters. The molecule has 1 N–H and O–H groups in total. The van der Waals surface area contributed by atoms with Crippen LogP contribution in [0.5, 0.6) is 0 Å². The van der Waals surface area contributed by atoms with Crippen LogP contribution in [0, 0.1) is 11.8 Å². The molecule has 3 heteroatoms. The molecule has 2 aromatic heterocycles. The number of nitrogens with zero attached hydrogens (tertiary/aromatic N) is 1. The Morgan fingerprint density at radius 2 is 2.46 bits per heavy atom. The zero-order valence-electron chi connectivity index (χ0n) is 6.84. The lowest BCUT2D eigenvalue weighted by Gasteiger charge is -1.90. The van der Waals surface area contributed by atoms with Crippen LogP contribution in [-0.2, 0) is 0 Å². The van der Waals surface area contributed by atoms with Crippen LogP contribution in [0.3, 0.4) is 0 Å². The Labute approximate surface area is 84.5 Å². The maximum Gasteiger partial charge on any atom is 0.137 e. The highest BCUT2D eigenvalue weighted by atomic mass is 79.9. The predicted octanol–water partition coefficient (Wildman–Crippen LogP) is 2.31. The van der Waals surface area contributed by atoms with Crippen molar-refractivity contribution in [1.82, 2.24) is 9.97 Å². The maximum absolute atomic E-state index is 4.22. The van der Waals surface area contributed by atoms with E-state index in [1.54, 1.807) is 6.20 Å². The summed E-state index contributed by atoms with van der Waals surface area (Å²) in [6, 6.07) is 4.01. The topological polar surface area (TPSA) is 28.7 Å². The molecule has 13 heavy (non-hydrogen) atoms. The monoisotopic (exact) mass is 234 g/mol. The van der Waals surface area contributed by atoms with Crippen molar-refractivity contribution in [2.24, 2.45) is 0 Å². The van der Waals surface area contributed by atoms with Gasteiger partial charge in [-0.1, -0.05) is 27.8 Å². The molecule has 2 aromatic rings. The molecule has 2 rings (SSSR count). The first-order valence-corrected chi connectivity index (χ1v) is 5.00. The summed E-state index contributed by atoms with van der Waals surface area (Å²) in [6.07, 6.45) is 3.65. The summed E-state index contributed by atoms with van der Waals surface area (Å²) in [4.78, 5) is 7.26. The van der Waals surface area contributed by atoms with Gasteiger partial charge >= 0.3 is 0 Å². The van der Waals surface area contributed by atoms with Gasteiger partial charge < -0.3 is 4.98 Å². The zero-order valence-corrected chi connectivity index (χ0v) is 8.43. The third-order valence-electron chi connectivity index (χ3n) is 1.70. The third kappa shape index (κ3) is 1.73. The van der Waals surface area contributed by atoms with Crippen molar-refractivity contribution in [3.63, 3.8) is 0 Å². The third-order valence-corrected chi connectivity index (χ3v) is 1.98. The van der Waals surface area contributed by atoms with Crippen molar-refractivity contribution in [2.45, 2.75) is 0 Å². The van der Waals surface area contributed by atoms with Gasteiger partial charge in [0.15, 0.2) is 0 Å². The summed E-state index contributed by atoms with van der Waals surface area (Å²) in [7, 11) is 0. The summed E-state index contributed by atoms with van der Waals surface area (Å²) in [5.41, 5.74) is 1.86. The van der Waals surface area contributed by atoms with Gasteiger partial charge in [0.05, 0.1) is 5.33 Å². The van der Waals surface area contributed by atoms with E-state index in [1.807, 2.05) is 18.3 Å². The molecule has 0 fully saturated rings. The van der Waals surface area contributed by atoms with Gasteiger partial charge in [-0.25, -0.2) is 4.98 Å². The van der Waals surface area contributed by atoms with Crippen LogP contribution in [0.1, 0.15) is 5.56 Å². The van der Waals surface area contributed by atoms with E-state index in [0.29, 0.717) is 5.33 Å². The number of nitrogens with one attached hydrogen (secondary N) is 1. The van der Waals surface area contributed by atoms with Crippen molar-refractivity contribution >= 4 is 27.0 Å². The zero-order chi connectivity index (χ0) is 9.10.